The number of pyridine rings is 1. The van der Waals surface area contributed by atoms with Crippen LogP contribution in [0.4, 0.5) is 32.0 Å². The minimum Gasteiger partial charge on any atom is -0.475 e. The lowest BCUT2D eigenvalue weighted by Crippen LogP contribution is -2.44. The van der Waals surface area contributed by atoms with Crippen LogP contribution in [0.25, 0.3) is 0 Å². The summed E-state index contributed by atoms with van der Waals surface area (Å²) < 4.78 is 63.5. The first-order chi connectivity index (χ1) is 17.6. The van der Waals surface area contributed by atoms with E-state index in [4.69, 9.17) is 19.8 Å². The molecule has 14 heteroatoms. The number of carboxylic acids is 2. The molecule has 1 aromatic heterocycles. The molecule has 3 heterocycles. The van der Waals surface area contributed by atoms with Gasteiger partial charge in [0.1, 0.15) is 0 Å². The van der Waals surface area contributed by atoms with E-state index in [0.717, 1.165) is 43.7 Å². The fourth-order valence-corrected chi connectivity index (χ4v) is 4.11. The molecular formula is C24H25F6N3O5. The number of carboxylic acid groups (broad SMARTS) is 2. The van der Waals surface area contributed by atoms with Gasteiger partial charge in [0, 0.05) is 30.0 Å². The van der Waals surface area contributed by atoms with Crippen LogP contribution in [-0.4, -0.2) is 65.0 Å². The van der Waals surface area contributed by atoms with Crippen molar-refractivity contribution in [2.75, 3.05) is 24.5 Å². The topological polar surface area (TPSA) is 120 Å². The van der Waals surface area contributed by atoms with Gasteiger partial charge in [0.05, 0.1) is 6.42 Å². The Hall–Kier alpha value is -3.68. The van der Waals surface area contributed by atoms with Crippen LogP contribution >= 0.6 is 0 Å². The lowest BCUT2D eigenvalue weighted by Gasteiger charge is -2.34. The van der Waals surface area contributed by atoms with Crippen molar-refractivity contribution >= 4 is 23.5 Å². The van der Waals surface area contributed by atoms with Crippen LogP contribution in [0.3, 0.4) is 0 Å². The van der Waals surface area contributed by atoms with Gasteiger partial charge in [0.25, 0.3) is 0 Å². The normalized spacial score (nSPS) is 15.9. The molecule has 2 aromatic rings. The smallest absolute Gasteiger partial charge is 0.475 e. The van der Waals surface area contributed by atoms with Gasteiger partial charge in [-0.05, 0) is 56.1 Å². The summed E-state index contributed by atoms with van der Waals surface area (Å²) in [6.45, 7) is 5.00. The monoisotopic (exact) mass is 549 g/mol. The zero-order valence-corrected chi connectivity index (χ0v) is 20.1. The molecule has 0 aliphatic carbocycles. The number of amides is 1. The summed E-state index contributed by atoms with van der Waals surface area (Å²) in [5.41, 5.74) is 4.84. The van der Waals surface area contributed by atoms with Gasteiger partial charge in [-0.2, -0.15) is 26.3 Å². The number of aliphatic carboxylic acids is 2. The Balaban J connectivity index is 0.000000301. The molecule has 4 rings (SSSR count). The molecule has 208 valence electrons. The largest absolute Gasteiger partial charge is 0.490 e. The van der Waals surface area contributed by atoms with E-state index in [0.29, 0.717) is 6.42 Å². The maximum absolute atomic E-state index is 13.0. The first kappa shape index (κ1) is 30.5. The lowest BCUT2D eigenvalue weighted by atomic mass is 9.74. The number of fused-ring (bicyclic) bond motifs is 2. The summed E-state index contributed by atoms with van der Waals surface area (Å²) in [4.78, 5) is 36.9. The van der Waals surface area contributed by atoms with Crippen LogP contribution in [0, 0.1) is 6.92 Å². The number of nitrogens with one attached hydrogen (secondary N) is 1. The van der Waals surface area contributed by atoms with E-state index < -0.39 is 24.3 Å². The molecule has 0 radical (unpaired) electrons. The summed E-state index contributed by atoms with van der Waals surface area (Å²) in [7, 11) is 0. The highest BCUT2D eigenvalue weighted by molar-refractivity contribution is 5.97. The van der Waals surface area contributed by atoms with Crippen molar-refractivity contribution in [3.63, 3.8) is 0 Å². The Morgan fingerprint density at radius 1 is 1.00 bits per heavy atom. The second-order valence-electron chi connectivity index (χ2n) is 8.67. The average Bonchev–Trinajstić information content (AvgIpc) is 3.13. The third-order valence-electron chi connectivity index (χ3n) is 5.90. The Morgan fingerprint density at radius 2 is 1.55 bits per heavy atom. The molecule has 0 saturated carbocycles. The van der Waals surface area contributed by atoms with Gasteiger partial charge in [-0.15, -0.1) is 0 Å². The van der Waals surface area contributed by atoms with Gasteiger partial charge in [-0.25, -0.2) is 9.59 Å². The number of carbonyl (C=O) groups excluding carboxylic acids is 1. The van der Waals surface area contributed by atoms with E-state index in [-0.39, 0.29) is 11.3 Å². The second kappa shape index (κ2) is 12.2. The van der Waals surface area contributed by atoms with E-state index in [1.807, 2.05) is 17.0 Å². The van der Waals surface area contributed by atoms with Gasteiger partial charge in [0.15, 0.2) is 0 Å². The summed E-state index contributed by atoms with van der Waals surface area (Å²) in [6.07, 6.45) is -4.04. The molecule has 1 saturated heterocycles. The SMILES string of the molecule is Cc1ccc2c(c1)C1(CCNCC1)CN2C(=O)Cc1cccnc1.O=C(O)C(F)(F)F.O=C(O)C(F)(F)F. The summed E-state index contributed by atoms with van der Waals surface area (Å²) >= 11 is 0. The number of carbonyl (C=O) groups is 3. The van der Waals surface area contributed by atoms with Gasteiger partial charge < -0.3 is 20.4 Å². The number of hydrogen-bond acceptors (Lipinski definition) is 5. The number of piperidine rings is 1. The summed E-state index contributed by atoms with van der Waals surface area (Å²) in [6, 6.07) is 10.4. The van der Waals surface area contributed by atoms with Crippen LogP contribution in [-0.2, 0) is 26.2 Å². The number of anilines is 1. The fraction of sp³-hybridized carbons (Fsp3) is 0.417. The number of halogens is 6. The van der Waals surface area contributed by atoms with Crippen LogP contribution in [0.2, 0.25) is 0 Å². The van der Waals surface area contributed by atoms with Crippen molar-refractivity contribution in [1.29, 1.82) is 0 Å². The standard InChI is InChI=1S/C20H23N3O.2C2HF3O2/c1-15-4-5-18-17(11-15)20(6-9-21-10-7-20)14-23(18)19(24)12-16-3-2-8-22-13-16;2*3-2(4,5)1(6)7/h2-5,8,11,13,21H,6-7,9-10,12,14H2,1H3;2*(H,6,7). The van der Waals surface area contributed by atoms with Crippen LogP contribution in [0.15, 0.2) is 42.7 Å². The Morgan fingerprint density at radius 3 is 2.03 bits per heavy atom. The molecule has 0 atom stereocenters. The number of aryl methyl sites for hydroxylation is 1. The molecule has 38 heavy (non-hydrogen) atoms. The minimum absolute atomic E-state index is 0.122. The maximum atomic E-state index is 13.0. The predicted molar refractivity (Wildman–Crippen MR) is 123 cm³/mol. The highest BCUT2D eigenvalue weighted by Crippen LogP contribution is 2.46. The fourth-order valence-electron chi connectivity index (χ4n) is 4.11. The highest BCUT2D eigenvalue weighted by atomic mass is 19.4. The summed E-state index contributed by atoms with van der Waals surface area (Å²) in [5, 5.41) is 17.7. The Kier molecular flexibility index (Phi) is 9.84. The van der Waals surface area contributed by atoms with Crippen molar-refractivity contribution in [2.45, 2.75) is 44.0 Å². The van der Waals surface area contributed by atoms with Gasteiger partial charge >= 0.3 is 24.3 Å². The maximum Gasteiger partial charge on any atom is 0.490 e. The van der Waals surface area contributed by atoms with E-state index >= 15 is 0 Å². The third-order valence-corrected chi connectivity index (χ3v) is 5.90. The number of nitrogens with zero attached hydrogens (tertiary/aromatic N) is 2. The van der Waals surface area contributed by atoms with Gasteiger partial charge in [0.2, 0.25) is 5.91 Å². The molecule has 2 aliphatic rings. The average molecular weight is 549 g/mol. The highest BCUT2D eigenvalue weighted by Gasteiger charge is 2.45. The van der Waals surface area contributed by atoms with Crippen LogP contribution in [0.5, 0.6) is 0 Å². The van der Waals surface area contributed by atoms with Gasteiger partial charge in [-0.3, -0.25) is 9.78 Å². The Labute approximate surface area is 213 Å². The molecule has 3 N–H and O–H groups in total. The molecular weight excluding hydrogens is 524 g/mol. The van der Waals surface area contributed by atoms with Crippen molar-refractivity contribution in [3.8, 4) is 0 Å². The number of hydrogen-bond donors (Lipinski definition) is 3. The Bertz CT molecular complexity index is 1110. The van der Waals surface area contributed by atoms with Crippen LogP contribution < -0.4 is 10.2 Å². The molecule has 8 nitrogen and oxygen atoms in total. The molecule has 0 unspecified atom stereocenters. The number of aromatic nitrogens is 1. The first-order valence-electron chi connectivity index (χ1n) is 11.2. The quantitative estimate of drug-likeness (QED) is 0.487. The van der Waals surface area contributed by atoms with Gasteiger partial charge in [-0.1, -0.05) is 23.8 Å². The van der Waals surface area contributed by atoms with E-state index in [9.17, 15) is 31.1 Å². The zero-order valence-electron chi connectivity index (χ0n) is 20.1. The molecule has 1 spiro atoms. The molecule has 1 amide bonds. The van der Waals surface area contributed by atoms with Crippen molar-refractivity contribution in [3.05, 3.63) is 59.4 Å². The summed E-state index contributed by atoms with van der Waals surface area (Å²) in [5.74, 6) is -5.34. The van der Waals surface area contributed by atoms with Crippen molar-refractivity contribution < 1.29 is 50.9 Å². The van der Waals surface area contributed by atoms with E-state index in [2.05, 4.69) is 35.4 Å². The minimum atomic E-state index is -5.08. The molecule has 1 fully saturated rings. The number of rotatable bonds is 2. The first-order valence-corrected chi connectivity index (χ1v) is 11.2. The molecule has 0 bridgehead atoms. The molecule has 1 aromatic carbocycles. The van der Waals surface area contributed by atoms with E-state index in [1.165, 1.54) is 11.1 Å². The molecule has 2 aliphatic heterocycles. The number of benzene rings is 1. The zero-order chi connectivity index (χ0) is 28.7. The predicted octanol–water partition coefficient (Wildman–Crippen LogP) is 3.87. The number of alkyl halides is 6. The van der Waals surface area contributed by atoms with E-state index in [1.54, 1.807) is 12.4 Å². The van der Waals surface area contributed by atoms with Crippen molar-refractivity contribution in [2.24, 2.45) is 0 Å². The van der Waals surface area contributed by atoms with Crippen LogP contribution in [0.1, 0.15) is 29.5 Å². The third kappa shape index (κ3) is 8.16. The van der Waals surface area contributed by atoms with Crippen molar-refractivity contribution in [1.82, 2.24) is 10.3 Å². The lowest BCUT2D eigenvalue weighted by molar-refractivity contribution is -0.193. The second-order valence-corrected chi connectivity index (χ2v) is 8.67.